The van der Waals surface area contributed by atoms with Gasteiger partial charge in [-0.25, -0.2) is 14.6 Å². The summed E-state index contributed by atoms with van der Waals surface area (Å²) < 4.78 is 11.1. The lowest BCUT2D eigenvalue weighted by atomic mass is 9.89. The molecule has 4 rings (SSSR count). The molecule has 0 saturated carbocycles. The van der Waals surface area contributed by atoms with E-state index in [1.54, 1.807) is 21.3 Å². The Morgan fingerprint density at radius 1 is 1.08 bits per heavy atom. The van der Waals surface area contributed by atoms with Gasteiger partial charge in [0.1, 0.15) is 0 Å². The fourth-order valence-corrected chi connectivity index (χ4v) is 5.02. The Balaban J connectivity index is 1.68. The Morgan fingerprint density at radius 2 is 1.70 bits per heavy atom. The number of amides is 3. The zero-order valence-electron chi connectivity index (χ0n) is 22.0. The van der Waals surface area contributed by atoms with Gasteiger partial charge in [-0.3, -0.25) is 0 Å². The highest BCUT2D eigenvalue weighted by Crippen LogP contribution is 2.35. The fraction of sp³-hybridized carbons (Fsp3) is 0.444. The van der Waals surface area contributed by atoms with Crippen molar-refractivity contribution in [1.82, 2.24) is 15.6 Å². The van der Waals surface area contributed by atoms with Crippen molar-refractivity contribution in [3.63, 3.8) is 0 Å². The number of carbonyl (C=O) groups is 2. The zero-order valence-corrected chi connectivity index (χ0v) is 22.0. The van der Waals surface area contributed by atoms with Gasteiger partial charge in [0.15, 0.2) is 11.5 Å². The lowest BCUT2D eigenvalue weighted by Gasteiger charge is -2.40. The lowest BCUT2D eigenvalue weighted by Crippen LogP contribution is -2.53. The number of nitrogens with one attached hydrogen (secondary N) is 2. The normalized spacial score (nSPS) is 18.7. The number of carboxylic acid groups (broad SMARTS) is 1. The van der Waals surface area contributed by atoms with Crippen molar-refractivity contribution in [2.75, 3.05) is 39.3 Å². The number of anilines is 1. The number of nitrogens with zero attached hydrogens (tertiary/aromatic N) is 3. The molecule has 0 radical (unpaired) electrons. The van der Waals surface area contributed by atoms with Gasteiger partial charge < -0.3 is 30.1 Å². The topological polar surface area (TPSA) is 116 Å². The highest BCUT2D eigenvalue weighted by molar-refractivity contribution is 6.14. The summed E-state index contributed by atoms with van der Waals surface area (Å²) in [4.78, 5) is 26.1. The Hall–Kier alpha value is -3.95. The van der Waals surface area contributed by atoms with Crippen molar-refractivity contribution in [1.29, 1.82) is 0 Å². The SMILES string of the molecule is CNC(=O)N1N=C(c2ccc(N3CCC(C)(NC(=O)O)CC3)cc2)c2cc(OC)c(OC)cc2CC1C. The average molecular weight is 510 g/mol. The van der Waals surface area contributed by atoms with E-state index >= 15 is 0 Å². The molecule has 10 heteroatoms. The minimum Gasteiger partial charge on any atom is -0.493 e. The number of hydrazone groups is 1. The van der Waals surface area contributed by atoms with Crippen LogP contribution in [-0.2, 0) is 6.42 Å². The number of rotatable bonds is 5. The van der Waals surface area contributed by atoms with Crippen LogP contribution in [0.4, 0.5) is 15.3 Å². The largest absolute Gasteiger partial charge is 0.493 e. The molecule has 1 fully saturated rings. The van der Waals surface area contributed by atoms with E-state index in [1.807, 2.05) is 50.2 Å². The van der Waals surface area contributed by atoms with Crippen LogP contribution in [0.1, 0.15) is 43.4 Å². The molecule has 1 unspecified atom stereocenters. The minimum absolute atomic E-state index is 0.171. The molecule has 0 aliphatic carbocycles. The first kappa shape index (κ1) is 26.1. The molecule has 10 nitrogen and oxygen atoms in total. The van der Waals surface area contributed by atoms with Gasteiger partial charge in [0.25, 0.3) is 0 Å². The van der Waals surface area contributed by atoms with Crippen LogP contribution in [0, 0.1) is 0 Å². The van der Waals surface area contributed by atoms with Crippen LogP contribution in [0.5, 0.6) is 11.5 Å². The molecular weight excluding hydrogens is 474 g/mol. The number of hydrogen-bond donors (Lipinski definition) is 3. The first-order valence-electron chi connectivity index (χ1n) is 12.4. The molecular formula is C27H35N5O5. The minimum atomic E-state index is -0.987. The molecule has 2 aromatic carbocycles. The molecule has 0 aromatic heterocycles. The summed E-state index contributed by atoms with van der Waals surface area (Å²) in [7, 11) is 4.80. The molecule has 2 aliphatic rings. The molecule has 1 saturated heterocycles. The first-order valence-corrected chi connectivity index (χ1v) is 12.4. The first-order chi connectivity index (χ1) is 17.7. The second-order valence-corrected chi connectivity index (χ2v) is 9.79. The standard InChI is InChI=1S/C27H35N5O5/c1-17-14-19-15-22(36-4)23(37-5)16-21(19)24(30-32(17)25(33)28-3)18-6-8-20(9-7-18)31-12-10-27(2,11-13-31)29-26(34)35/h6-9,15-17,29H,10-14H2,1-5H3,(H,28,33)(H,34,35). The summed E-state index contributed by atoms with van der Waals surface area (Å²) in [5.74, 6) is 1.23. The van der Waals surface area contributed by atoms with Crippen molar-refractivity contribution >= 4 is 23.5 Å². The van der Waals surface area contributed by atoms with Gasteiger partial charge in [0.2, 0.25) is 0 Å². The summed E-state index contributed by atoms with van der Waals surface area (Å²) in [6.45, 7) is 5.41. The number of benzene rings is 2. The Morgan fingerprint density at radius 3 is 2.27 bits per heavy atom. The maximum Gasteiger partial charge on any atom is 0.405 e. The number of carbonyl (C=O) groups excluding carboxylic acids is 1. The highest BCUT2D eigenvalue weighted by Gasteiger charge is 2.32. The molecule has 198 valence electrons. The number of methoxy groups -OCH3 is 2. The summed E-state index contributed by atoms with van der Waals surface area (Å²) >= 11 is 0. The fourth-order valence-electron chi connectivity index (χ4n) is 5.02. The van der Waals surface area contributed by atoms with E-state index in [-0.39, 0.29) is 12.1 Å². The molecule has 2 heterocycles. The van der Waals surface area contributed by atoms with E-state index in [2.05, 4.69) is 15.5 Å². The quantitative estimate of drug-likeness (QED) is 0.567. The van der Waals surface area contributed by atoms with E-state index in [9.17, 15) is 9.59 Å². The van der Waals surface area contributed by atoms with Gasteiger partial charge in [-0.05, 0) is 62.9 Å². The van der Waals surface area contributed by atoms with Crippen LogP contribution in [0.2, 0.25) is 0 Å². The van der Waals surface area contributed by atoms with E-state index in [1.165, 1.54) is 5.01 Å². The third kappa shape index (κ3) is 5.42. The van der Waals surface area contributed by atoms with Gasteiger partial charge in [0.05, 0.1) is 26.0 Å². The predicted molar refractivity (Wildman–Crippen MR) is 142 cm³/mol. The lowest BCUT2D eigenvalue weighted by molar-refractivity contribution is 0.173. The van der Waals surface area contributed by atoms with E-state index in [0.29, 0.717) is 23.6 Å². The van der Waals surface area contributed by atoms with E-state index in [0.717, 1.165) is 48.3 Å². The Labute approximate surface area is 217 Å². The number of ether oxygens (including phenoxy) is 2. The zero-order chi connectivity index (χ0) is 26.7. The Kier molecular flexibility index (Phi) is 7.47. The average Bonchev–Trinajstić information content (AvgIpc) is 3.02. The van der Waals surface area contributed by atoms with Crippen LogP contribution in [0.25, 0.3) is 0 Å². The van der Waals surface area contributed by atoms with Crippen LogP contribution in [-0.4, -0.2) is 73.9 Å². The molecule has 2 aromatic rings. The smallest absolute Gasteiger partial charge is 0.405 e. The van der Waals surface area contributed by atoms with E-state index in [4.69, 9.17) is 19.7 Å². The van der Waals surface area contributed by atoms with Crippen molar-refractivity contribution in [2.45, 2.75) is 44.7 Å². The highest BCUT2D eigenvalue weighted by atomic mass is 16.5. The summed E-state index contributed by atoms with van der Waals surface area (Å²) in [6.07, 6.45) is 1.06. The summed E-state index contributed by atoms with van der Waals surface area (Å²) in [5.41, 5.74) is 4.08. The van der Waals surface area contributed by atoms with Gasteiger partial charge in [-0.1, -0.05) is 12.1 Å². The number of piperidine rings is 1. The van der Waals surface area contributed by atoms with Gasteiger partial charge in [-0.15, -0.1) is 0 Å². The summed E-state index contributed by atoms with van der Waals surface area (Å²) in [5, 5.41) is 20.8. The molecule has 0 spiro atoms. The Bertz CT molecular complexity index is 1190. The molecule has 2 aliphatic heterocycles. The number of hydrogen-bond acceptors (Lipinski definition) is 6. The number of urea groups is 1. The van der Waals surface area contributed by atoms with Crippen LogP contribution in [0.15, 0.2) is 41.5 Å². The van der Waals surface area contributed by atoms with Crippen LogP contribution in [0.3, 0.4) is 0 Å². The van der Waals surface area contributed by atoms with Crippen LogP contribution < -0.4 is 25.0 Å². The third-order valence-electron chi connectivity index (χ3n) is 7.21. The second kappa shape index (κ2) is 10.6. The predicted octanol–water partition coefficient (Wildman–Crippen LogP) is 3.67. The maximum absolute atomic E-state index is 12.7. The molecule has 37 heavy (non-hydrogen) atoms. The van der Waals surface area contributed by atoms with Crippen molar-refractivity contribution in [2.24, 2.45) is 5.10 Å². The molecule has 3 amide bonds. The van der Waals surface area contributed by atoms with E-state index < -0.39 is 11.6 Å². The number of fused-ring (bicyclic) bond motifs is 1. The third-order valence-corrected chi connectivity index (χ3v) is 7.21. The molecule has 3 N–H and O–H groups in total. The van der Waals surface area contributed by atoms with Crippen molar-refractivity contribution in [3.05, 3.63) is 53.1 Å². The molecule has 1 atom stereocenters. The van der Waals surface area contributed by atoms with Crippen molar-refractivity contribution in [3.8, 4) is 11.5 Å². The monoisotopic (exact) mass is 509 g/mol. The molecule has 0 bridgehead atoms. The maximum atomic E-state index is 12.7. The van der Waals surface area contributed by atoms with Crippen molar-refractivity contribution < 1.29 is 24.2 Å². The van der Waals surface area contributed by atoms with Gasteiger partial charge >= 0.3 is 12.1 Å². The second-order valence-electron chi connectivity index (χ2n) is 9.79. The summed E-state index contributed by atoms with van der Waals surface area (Å²) in [6, 6.07) is 11.5. The van der Waals surface area contributed by atoms with Gasteiger partial charge in [0, 0.05) is 42.5 Å². The van der Waals surface area contributed by atoms with Crippen LogP contribution >= 0.6 is 0 Å². The van der Waals surface area contributed by atoms with Gasteiger partial charge in [-0.2, -0.15) is 5.10 Å².